The quantitative estimate of drug-likeness (QED) is 0.127. The smallest absolute Gasteiger partial charge is 0.411 e. The summed E-state index contributed by atoms with van der Waals surface area (Å²) >= 11 is 0. The molecule has 0 unspecified atom stereocenters. The molecule has 0 radical (unpaired) electrons. The van der Waals surface area contributed by atoms with Gasteiger partial charge in [-0.05, 0) is 110 Å². The first-order chi connectivity index (χ1) is 25.3. The monoisotopic (exact) mass is 743 g/mol. The maximum absolute atomic E-state index is 13.0. The van der Waals surface area contributed by atoms with Gasteiger partial charge in [0, 0.05) is 23.0 Å². The molecule has 3 aromatic rings. The number of fused-ring (bicyclic) bond motifs is 1. The summed E-state index contributed by atoms with van der Waals surface area (Å²) in [6.07, 6.45) is 0.887. The third kappa shape index (κ3) is 9.61. The minimum Gasteiger partial charge on any atom is -0.456 e. The number of hydrogen-bond donors (Lipinski definition) is 0. The van der Waals surface area contributed by atoms with E-state index in [-0.39, 0.29) is 23.6 Å². The first kappa shape index (κ1) is 39.9. The molecule has 1 aromatic heterocycles. The van der Waals surface area contributed by atoms with Crippen LogP contribution in [0.25, 0.3) is 22.0 Å². The number of ether oxygens (including phenoxy) is 4. The number of hydrogen-bond acceptors (Lipinski definition) is 11. The van der Waals surface area contributed by atoms with Gasteiger partial charge < -0.3 is 18.9 Å². The number of pyridine rings is 1. The lowest BCUT2D eigenvalue weighted by Crippen LogP contribution is -2.47. The topological polar surface area (TPSA) is 159 Å². The normalized spacial score (nSPS) is 20.1. The summed E-state index contributed by atoms with van der Waals surface area (Å²) in [4.78, 5) is 84.5. The summed E-state index contributed by atoms with van der Waals surface area (Å²) in [5.41, 5.74) is 1.30. The molecule has 2 aliphatic heterocycles. The fourth-order valence-electron chi connectivity index (χ4n) is 6.61. The number of ketones is 2. The third-order valence-corrected chi connectivity index (χ3v) is 9.30. The largest absolute Gasteiger partial charge is 0.456 e. The van der Waals surface area contributed by atoms with Crippen LogP contribution >= 0.6 is 0 Å². The summed E-state index contributed by atoms with van der Waals surface area (Å²) in [5.74, 6) is -2.17. The highest BCUT2D eigenvalue weighted by Crippen LogP contribution is 2.29. The molecule has 3 heterocycles. The Kier molecular flexibility index (Phi) is 11.8. The second kappa shape index (κ2) is 16.0. The second-order valence-electron chi connectivity index (χ2n) is 15.9. The van der Waals surface area contributed by atoms with E-state index in [2.05, 4.69) is 4.98 Å². The van der Waals surface area contributed by atoms with E-state index in [1.165, 1.54) is 9.80 Å². The SMILES string of the molecule is C[C@H]1CC[C@@H](C(=O)OCC(=O)c2ccc(-c3ccc4nc(C(=O)COC(=O)[C@@H]5CC[C@H](C)N5C(=O)OC(C)(C)C)ccc4c3)cc2)N1C(=O)OC(C)(C)C. The van der Waals surface area contributed by atoms with Gasteiger partial charge in [-0.1, -0.05) is 36.4 Å². The van der Waals surface area contributed by atoms with Crippen LogP contribution in [0, 0.1) is 0 Å². The van der Waals surface area contributed by atoms with E-state index in [0.717, 1.165) is 16.5 Å². The van der Waals surface area contributed by atoms with Gasteiger partial charge in [-0.3, -0.25) is 19.4 Å². The number of esters is 2. The van der Waals surface area contributed by atoms with E-state index in [1.807, 2.05) is 26.0 Å². The molecule has 0 N–H and O–H groups in total. The number of amides is 2. The first-order valence-corrected chi connectivity index (χ1v) is 18.2. The van der Waals surface area contributed by atoms with Crippen molar-refractivity contribution in [3.63, 3.8) is 0 Å². The maximum atomic E-state index is 13.0. The van der Waals surface area contributed by atoms with Crippen molar-refractivity contribution in [1.29, 1.82) is 0 Å². The van der Waals surface area contributed by atoms with Crippen LogP contribution in [0.5, 0.6) is 0 Å². The van der Waals surface area contributed by atoms with Crippen molar-refractivity contribution >= 4 is 46.6 Å². The van der Waals surface area contributed by atoms with Crippen LogP contribution in [0.4, 0.5) is 9.59 Å². The molecular weight excluding hydrogens is 694 g/mol. The van der Waals surface area contributed by atoms with Gasteiger partial charge in [0.2, 0.25) is 5.78 Å². The Balaban J connectivity index is 1.16. The molecule has 0 saturated carbocycles. The van der Waals surface area contributed by atoms with Crippen molar-refractivity contribution in [3.05, 3.63) is 65.9 Å². The van der Waals surface area contributed by atoms with Gasteiger partial charge in [-0.15, -0.1) is 0 Å². The molecule has 0 aliphatic carbocycles. The van der Waals surface area contributed by atoms with Gasteiger partial charge in [-0.25, -0.2) is 24.2 Å². The molecule has 4 atom stereocenters. The molecule has 2 aromatic carbocycles. The number of Topliss-reactive ketones (excluding diaryl/α,β-unsaturated/α-hetero) is 2. The Hall–Kier alpha value is -5.33. The zero-order chi connectivity index (χ0) is 39.5. The highest BCUT2D eigenvalue weighted by atomic mass is 16.6. The first-order valence-electron chi connectivity index (χ1n) is 18.2. The Bertz CT molecular complexity index is 1930. The van der Waals surface area contributed by atoms with Gasteiger partial charge in [-0.2, -0.15) is 0 Å². The van der Waals surface area contributed by atoms with E-state index >= 15 is 0 Å². The van der Waals surface area contributed by atoms with Crippen molar-refractivity contribution in [1.82, 2.24) is 14.8 Å². The van der Waals surface area contributed by atoms with Gasteiger partial charge in [0.15, 0.2) is 19.0 Å². The molecule has 13 nitrogen and oxygen atoms in total. The van der Waals surface area contributed by atoms with Gasteiger partial charge in [0.1, 0.15) is 29.0 Å². The van der Waals surface area contributed by atoms with Crippen LogP contribution in [0.1, 0.15) is 102 Å². The molecule has 2 aliphatic rings. The van der Waals surface area contributed by atoms with Crippen LogP contribution in [-0.2, 0) is 28.5 Å². The lowest BCUT2D eigenvalue weighted by atomic mass is 10.0. The zero-order valence-corrected chi connectivity index (χ0v) is 32.2. The molecule has 2 amide bonds. The molecule has 5 rings (SSSR count). The van der Waals surface area contributed by atoms with Crippen LogP contribution in [0.2, 0.25) is 0 Å². The molecule has 288 valence electrons. The van der Waals surface area contributed by atoms with E-state index in [9.17, 15) is 28.8 Å². The Labute approximate surface area is 315 Å². The van der Waals surface area contributed by atoms with E-state index in [0.29, 0.717) is 36.8 Å². The number of nitrogens with zero attached hydrogens (tertiary/aromatic N) is 3. The Morgan fingerprint density at radius 1 is 0.630 bits per heavy atom. The van der Waals surface area contributed by atoms with Crippen molar-refractivity contribution in [2.45, 2.75) is 116 Å². The third-order valence-electron chi connectivity index (χ3n) is 9.30. The molecule has 54 heavy (non-hydrogen) atoms. The summed E-state index contributed by atoms with van der Waals surface area (Å²) in [5, 5.41) is 0.766. The molecule has 2 saturated heterocycles. The Morgan fingerprint density at radius 3 is 1.61 bits per heavy atom. The van der Waals surface area contributed by atoms with Gasteiger partial charge >= 0.3 is 24.1 Å². The average molecular weight is 744 g/mol. The average Bonchev–Trinajstić information content (AvgIpc) is 3.69. The lowest BCUT2D eigenvalue weighted by molar-refractivity contribution is -0.148. The van der Waals surface area contributed by atoms with E-state index < -0.39 is 66.4 Å². The lowest BCUT2D eigenvalue weighted by Gasteiger charge is -2.30. The molecule has 13 heteroatoms. The number of rotatable bonds is 9. The summed E-state index contributed by atoms with van der Waals surface area (Å²) in [6, 6.07) is 13.7. The van der Waals surface area contributed by atoms with Crippen molar-refractivity contribution < 1.29 is 47.7 Å². The highest BCUT2D eigenvalue weighted by Gasteiger charge is 2.43. The van der Waals surface area contributed by atoms with Crippen LogP contribution in [-0.4, -0.2) is 99.1 Å². The number of benzene rings is 2. The highest BCUT2D eigenvalue weighted by molar-refractivity contribution is 6.00. The summed E-state index contributed by atoms with van der Waals surface area (Å²) < 4.78 is 21.7. The van der Waals surface area contributed by atoms with Crippen LogP contribution in [0.15, 0.2) is 54.6 Å². The minimum atomic E-state index is -0.834. The number of likely N-dealkylation sites (tertiary alicyclic amines) is 2. The molecular formula is C41H49N3O10. The maximum Gasteiger partial charge on any atom is 0.411 e. The predicted molar refractivity (Wildman–Crippen MR) is 199 cm³/mol. The van der Waals surface area contributed by atoms with E-state index in [1.54, 1.807) is 84.0 Å². The minimum absolute atomic E-state index is 0.135. The van der Waals surface area contributed by atoms with Crippen molar-refractivity contribution in [3.8, 4) is 11.1 Å². The number of aromatic nitrogens is 1. The van der Waals surface area contributed by atoms with Gasteiger partial charge in [0.05, 0.1) is 5.52 Å². The summed E-state index contributed by atoms with van der Waals surface area (Å²) in [7, 11) is 0. The van der Waals surface area contributed by atoms with Crippen molar-refractivity contribution in [2.24, 2.45) is 0 Å². The van der Waals surface area contributed by atoms with Crippen LogP contribution < -0.4 is 0 Å². The van der Waals surface area contributed by atoms with E-state index in [4.69, 9.17) is 18.9 Å². The fourth-order valence-corrected chi connectivity index (χ4v) is 6.61. The number of carbonyl (C=O) groups excluding carboxylic acids is 6. The fraction of sp³-hybridized carbons (Fsp3) is 0.488. The van der Waals surface area contributed by atoms with Gasteiger partial charge in [0.25, 0.3) is 0 Å². The zero-order valence-electron chi connectivity index (χ0n) is 32.2. The molecule has 2 fully saturated rings. The predicted octanol–water partition coefficient (Wildman–Crippen LogP) is 6.93. The van der Waals surface area contributed by atoms with Crippen molar-refractivity contribution in [2.75, 3.05) is 13.2 Å². The standard InChI is InChI=1S/C41H49N3O10/c1-24-9-19-32(43(24)38(49)53-40(3,4)5)36(47)51-22-34(45)27-13-11-26(12-14-27)28-15-17-30-29(21-28)16-18-31(42-30)35(46)23-52-37(48)33-20-10-25(2)44(33)39(50)54-41(6,7)8/h11-18,21,24-25,32-33H,9-10,19-20,22-23H2,1-8H3/t24-,25-,32-,33-/m0/s1. The molecule has 0 spiro atoms. The Morgan fingerprint density at radius 2 is 1.11 bits per heavy atom. The second-order valence-corrected chi connectivity index (χ2v) is 15.9. The molecule has 0 bridgehead atoms. The van der Waals surface area contributed by atoms with Crippen LogP contribution in [0.3, 0.4) is 0 Å². The number of carbonyl (C=O) groups is 6. The summed E-state index contributed by atoms with van der Waals surface area (Å²) in [6.45, 7) is 13.2.